The van der Waals surface area contributed by atoms with E-state index in [1.807, 2.05) is 48.5 Å². The van der Waals surface area contributed by atoms with E-state index in [9.17, 15) is 15.0 Å². The minimum absolute atomic E-state index is 0.0317. The summed E-state index contributed by atoms with van der Waals surface area (Å²) in [7, 11) is 0. The van der Waals surface area contributed by atoms with Crippen molar-refractivity contribution in [2.24, 2.45) is 5.92 Å². The molecule has 2 aromatic rings. The van der Waals surface area contributed by atoms with Crippen LogP contribution in [0.15, 0.2) is 48.5 Å². The van der Waals surface area contributed by atoms with E-state index >= 15 is 0 Å². The molecule has 0 bridgehead atoms. The number of carbonyl (C=O) groups is 1. The van der Waals surface area contributed by atoms with Crippen LogP contribution in [0.5, 0.6) is 5.75 Å². The molecule has 1 amide bonds. The molecule has 0 unspecified atom stereocenters. The first kappa shape index (κ1) is 20.5. The molecule has 2 heterocycles. The number of likely N-dealkylation sites (tertiary alicyclic amines) is 1. The lowest BCUT2D eigenvalue weighted by molar-refractivity contribution is -0.116. The van der Waals surface area contributed by atoms with Gasteiger partial charge in [-0.15, -0.1) is 0 Å². The predicted octanol–water partition coefficient (Wildman–Crippen LogP) is 2.90. The number of aryl methyl sites for hydroxylation is 1. The van der Waals surface area contributed by atoms with Gasteiger partial charge in [0.1, 0.15) is 11.9 Å². The highest BCUT2D eigenvalue weighted by Gasteiger charge is 2.52. The van der Waals surface area contributed by atoms with Crippen LogP contribution in [0, 0.1) is 5.92 Å². The molecule has 1 saturated carbocycles. The van der Waals surface area contributed by atoms with Gasteiger partial charge in [-0.05, 0) is 48.6 Å². The number of benzene rings is 2. The van der Waals surface area contributed by atoms with Crippen molar-refractivity contribution in [3.63, 3.8) is 0 Å². The van der Waals surface area contributed by atoms with Gasteiger partial charge in [0.15, 0.2) is 0 Å². The van der Waals surface area contributed by atoms with Crippen molar-refractivity contribution in [1.82, 2.24) is 4.90 Å². The molecule has 0 spiro atoms. The second-order valence-corrected chi connectivity index (χ2v) is 9.32. The molecule has 2 aliphatic heterocycles. The van der Waals surface area contributed by atoms with Crippen molar-refractivity contribution in [3.8, 4) is 5.75 Å². The van der Waals surface area contributed by atoms with Gasteiger partial charge in [0.05, 0.1) is 11.7 Å². The van der Waals surface area contributed by atoms with Crippen LogP contribution in [0.2, 0.25) is 0 Å². The molecule has 2 fully saturated rings. The number of β-amino-alcohol motifs (C(OH)–C–C–N with tert-alkyl or cyclic N) is 2. The van der Waals surface area contributed by atoms with Gasteiger partial charge in [-0.3, -0.25) is 9.69 Å². The van der Waals surface area contributed by atoms with Crippen LogP contribution in [0.1, 0.15) is 42.9 Å². The van der Waals surface area contributed by atoms with Gasteiger partial charge in [0, 0.05) is 44.1 Å². The van der Waals surface area contributed by atoms with Crippen molar-refractivity contribution in [2.75, 3.05) is 25.0 Å². The molecule has 3 N–H and O–H groups in total. The standard InChI is InChI=1S/C25H30N2O4/c28-23(18-9-10-22-17(11-18)5-4-8-24(29)26-22)15-27-14-19-12-21(13-25(19,30)16-27)31-20-6-2-1-3-7-20/h1-3,6-7,9-11,19,21,23,28,30H,4-5,8,12-16H2,(H,26,29)/t19-,21+,23+,25-/m1/s1. The number of para-hydroxylation sites is 1. The van der Waals surface area contributed by atoms with Crippen molar-refractivity contribution in [2.45, 2.75) is 49.9 Å². The molecule has 1 saturated heterocycles. The number of nitrogens with zero attached hydrogens (tertiary/aromatic N) is 1. The van der Waals surface area contributed by atoms with E-state index in [-0.39, 0.29) is 17.9 Å². The first-order valence-corrected chi connectivity index (χ1v) is 11.3. The summed E-state index contributed by atoms with van der Waals surface area (Å²) in [4.78, 5) is 13.9. The van der Waals surface area contributed by atoms with Gasteiger partial charge < -0.3 is 20.3 Å². The maximum absolute atomic E-state index is 11.7. The molecule has 0 aromatic heterocycles. The van der Waals surface area contributed by atoms with Crippen LogP contribution in [-0.2, 0) is 11.2 Å². The van der Waals surface area contributed by atoms with E-state index in [0.717, 1.165) is 48.4 Å². The van der Waals surface area contributed by atoms with Crippen molar-refractivity contribution in [1.29, 1.82) is 0 Å². The van der Waals surface area contributed by atoms with Gasteiger partial charge in [-0.25, -0.2) is 0 Å². The van der Waals surface area contributed by atoms with Crippen LogP contribution in [-0.4, -0.2) is 52.4 Å². The molecular formula is C25H30N2O4. The number of carbonyl (C=O) groups excluding carboxylic acids is 1. The fourth-order valence-electron chi connectivity index (χ4n) is 5.45. The van der Waals surface area contributed by atoms with Crippen molar-refractivity contribution in [3.05, 3.63) is 59.7 Å². The number of nitrogens with one attached hydrogen (secondary N) is 1. The first-order chi connectivity index (χ1) is 15.0. The fourth-order valence-corrected chi connectivity index (χ4v) is 5.45. The number of hydrogen-bond donors (Lipinski definition) is 3. The molecule has 1 aliphatic carbocycles. The number of hydrogen-bond acceptors (Lipinski definition) is 5. The zero-order valence-corrected chi connectivity index (χ0v) is 17.7. The van der Waals surface area contributed by atoms with E-state index in [2.05, 4.69) is 10.2 Å². The molecule has 2 aromatic carbocycles. The molecule has 5 rings (SSSR count). The Morgan fingerprint density at radius 2 is 2.03 bits per heavy atom. The molecule has 3 aliphatic rings. The highest BCUT2D eigenvalue weighted by atomic mass is 16.5. The molecule has 4 atom stereocenters. The predicted molar refractivity (Wildman–Crippen MR) is 118 cm³/mol. The lowest BCUT2D eigenvalue weighted by Crippen LogP contribution is -2.36. The number of ether oxygens (including phenoxy) is 1. The Morgan fingerprint density at radius 3 is 2.84 bits per heavy atom. The van der Waals surface area contributed by atoms with Crippen molar-refractivity contribution >= 4 is 11.6 Å². The van der Waals surface area contributed by atoms with Gasteiger partial charge in [0.25, 0.3) is 0 Å². The van der Waals surface area contributed by atoms with E-state index in [0.29, 0.717) is 25.9 Å². The van der Waals surface area contributed by atoms with E-state index < -0.39 is 11.7 Å². The molecule has 6 nitrogen and oxygen atoms in total. The average molecular weight is 423 g/mol. The summed E-state index contributed by atoms with van der Waals surface area (Å²) >= 11 is 0. The average Bonchev–Trinajstić information content (AvgIpc) is 3.10. The molecule has 31 heavy (non-hydrogen) atoms. The number of aliphatic hydroxyl groups excluding tert-OH is 1. The Labute approximate surface area is 182 Å². The number of rotatable bonds is 5. The summed E-state index contributed by atoms with van der Waals surface area (Å²) in [5.41, 5.74) is 2.05. The Hall–Kier alpha value is -2.41. The van der Waals surface area contributed by atoms with E-state index in [1.54, 1.807) is 0 Å². The zero-order chi connectivity index (χ0) is 21.4. The summed E-state index contributed by atoms with van der Waals surface area (Å²) in [6.07, 6.45) is 3.06. The van der Waals surface area contributed by atoms with E-state index in [1.165, 1.54) is 0 Å². The van der Waals surface area contributed by atoms with Gasteiger partial charge in [-0.1, -0.05) is 30.3 Å². The van der Waals surface area contributed by atoms with Crippen molar-refractivity contribution < 1.29 is 19.7 Å². The maximum Gasteiger partial charge on any atom is 0.224 e. The summed E-state index contributed by atoms with van der Waals surface area (Å²) < 4.78 is 6.08. The number of fused-ring (bicyclic) bond motifs is 2. The molecule has 6 heteroatoms. The minimum atomic E-state index is -0.753. The fraction of sp³-hybridized carbons (Fsp3) is 0.480. The Bertz CT molecular complexity index is 950. The van der Waals surface area contributed by atoms with E-state index in [4.69, 9.17) is 4.74 Å². The van der Waals surface area contributed by atoms with Crippen LogP contribution in [0.25, 0.3) is 0 Å². The zero-order valence-electron chi connectivity index (χ0n) is 17.7. The number of amides is 1. The second kappa shape index (κ2) is 8.26. The summed E-state index contributed by atoms with van der Waals surface area (Å²) in [5, 5.41) is 25.0. The third kappa shape index (κ3) is 4.33. The normalized spacial score (nSPS) is 29.0. The Balaban J connectivity index is 1.19. The third-order valence-electron chi connectivity index (χ3n) is 6.98. The Kier molecular flexibility index (Phi) is 5.46. The monoisotopic (exact) mass is 422 g/mol. The van der Waals surface area contributed by atoms with Gasteiger partial charge >= 0.3 is 0 Å². The molecule has 0 radical (unpaired) electrons. The molecular weight excluding hydrogens is 392 g/mol. The highest BCUT2D eigenvalue weighted by molar-refractivity contribution is 5.92. The van der Waals surface area contributed by atoms with Gasteiger partial charge in [0.2, 0.25) is 5.91 Å². The smallest absolute Gasteiger partial charge is 0.224 e. The lowest BCUT2D eigenvalue weighted by Gasteiger charge is -2.25. The first-order valence-electron chi connectivity index (χ1n) is 11.3. The summed E-state index contributed by atoms with van der Waals surface area (Å²) in [5.74, 6) is 1.07. The summed E-state index contributed by atoms with van der Waals surface area (Å²) in [6, 6.07) is 15.6. The Morgan fingerprint density at radius 1 is 1.19 bits per heavy atom. The van der Waals surface area contributed by atoms with Crippen LogP contribution in [0.3, 0.4) is 0 Å². The topological polar surface area (TPSA) is 82.0 Å². The SMILES string of the molecule is O=C1CCCc2cc([C@@H](O)CN3C[C@H]4C[C@H](Oc5ccccc5)C[C@@]4(O)C3)ccc2N1. The largest absolute Gasteiger partial charge is 0.490 e. The quantitative estimate of drug-likeness (QED) is 0.690. The van der Waals surface area contributed by atoms with Crippen LogP contribution >= 0.6 is 0 Å². The second-order valence-electron chi connectivity index (χ2n) is 9.32. The number of anilines is 1. The summed E-state index contributed by atoms with van der Waals surface area (Å²) in [6.45, 7) is 1.82. The molecule has 164 valence electrons. The highest BCUT2D eigenvalue weighted by Crippen LogP contribution is 2.43. The third-order valence-corrected chi connectivity index (χ3v) is 6.98. The lowest BCUT2D eigenvalue weighted by atomic mass is 9.95. The maximum atomic E-state index is 11.7. The van der Waals surface area contributed by atoms with Crippen LogP contribution in [0.4, 0.5) is 5.69 Å². The van der Waals surface area contributed by atoms with Crippen LogP contribution < -0.4 is 10.1 Å². The number of aliphatic hydroxyl groups is 2. The minimum Gasteiger partial charge on any atom is -0.490 e. The van der Waals surface area contributed by atoms with Gasteiger partial charge in [-0.2, -0.15) is 0 Å².